The second-order valence-corrected chi connectivity index (χ2v) is 30.1. The van der Waals surface area contributed by atoms with E-state index < -0.39 is 26.5 Å². The molecule has 0 aromatic rings. The smallest absolute Gasteiger partial charge is 0.462 e. The first kappa shape index (κ1) is 94.5. The minimum atomic E-state index is -4.40. The van der Waals surface area contributed by atoms with Gasteiger partial charge in [0.2, 0.25) is 0 Å². The Balaban J connectivity index is 3.72. The first-order valence-corrected chi connectivity index (χ1v) is 43.9. The Kier molecular flexibility index (Phi) is 80.2. The molecule has 2 unspecified atom stereocenters. The van der Waals surface area contributed by atoms with Gasteiger partial charge in [0.1, 0.15) is 6.61 Å². The molecule has 0 heterocycles. The van der Waals surface area contributed by atoms with Crippen molar-refractivity contribution >= 4 is 19.8 Å². The minimum Gasteiger partial charge on any atom is -0.462 e. The predicted octanol–water partition coefficient (Wildman–Crippen LogP) is 28.7. The van der Waals surface area contributed by atoms with Gasteiger partial charge in [-0.1, -0.05) is 414 Å². The van der Waals surface area contributed by atoms with Crippen molar-refractivity contribution in [1.29, 1.82) is 0 Å². The van der Waals surface area contributed by atoms with Crippen molar-refractivity contribution < 1.29 is 37.6 Å². The predicted molar refractivity (Wildman–Crippen MR) is 423 cm³/mol. The molecule has 9 nitrogen and oxygen atoms in total. The normalized spacial score (nSPS) is 13.2. The lowest BCUT2D eigenvalue weighted by Crippen LogP contribution is -2.29. The Bertz CT molecular complexity index is 1830. The highest BCUT2D eigenvalue weighted by atomic mass is 31.2. The zero-order valence-corrected chi connectivity index (χ0v) is 65.2. The summed E-state index contributed by atoms with van der Waals surface area (Å²) in [7, 11) is -4.40. The molecule has 0 rings (SSSR count). The maximum absolute atomic E-state index is 12.8. The second kappa shape index (κ2) is 82.4. The molecule has 2 atom stereocenters. The van der Waals surface area contributed by atoms with Crippen LogP contribution in [-0.4, -0.2) is 49.3 Å². The lowest BCUT2D eigenvalue weighted by molar-refractivity contribution is -0.161. The molecular formula is C87H162NO8P. The summed E-state index contributed by atoms with van der Waals surface area (Å²) in [5.74, 6) is -0.802. The Morgan fingerprint density at radius 3 is 0.845 bits per heavy atom. The van der Waals surface area contributed by atoms with Crippen molar-refractivity contribution in [3.05, 3.63) is 72.9 Å². The highest BCUT2D eigenvalue weighted by molar-refractivity contribution is 7.47. The Morgan fingerprint density at radius 1 is 0.320 bits per heavy atom. The molecule has 0 aliphatic rings. The summed E-state index contributed by atoms with van der Waals surface area (Å²) in [5, 5.41) is 0. The molecule has 0 aliphatic carbocycles. The molecule has 0 aromatic carbocycles. The number of phosphoric acid groups is 1. The number of nitrogens with two attached hydrogens (primary N) is 1. The van der Waals surface area contributed by atoms with Crippen molar-refractivity contribution in [1.82, 2.24) is 0 Å². The van der Waals surface area contributed by atoms with Crippen LogP contribution >= 0.6 is 7.82 Å². The molecule has 10 heteroatoms. The maximum atomic E-state index is 12.8. The van der Waals surface area contributed by atoms with Crippen LogP contribution < -0.4 is 5.73 Å². The number of phosphoric ester groups is 1. The van der Waals surface area contributed by atoms with Gasteiger partial charge in [-0.25, -0.2) is 4.57 Å². The van der Waals surface area contributed by atoms with Crippen LogP contribution in [0, 0.1) is 0 Å². The Morgan fingerprint density at radius 2 is 0.567 bits per heavy atom. The molecule has 0 aliphatic heterocycles. The van der Waals surface area contributed by atoms with E-state index in [1.165, 1.54) is 340 Å². The van der Waals surface area contributed by atoms with Crippen molar-refractivity contribution in [3.8, 4) is 0 Å². The summed E-state index contributed by atoms with van der Waals surface area (Å²) in [5.41, 5.74) is 5.42. The molecule has 0 aromatic heterocycles. The van der Waals surface area contributed by atoms with Crippen molar-refractivity contribution in [2.24, 2.45) is 5.73 Å². The van der Waals surface area contributed by atoms with Gasteiger partial charge in [0.15, 0.2) is 6.10 Å². The van der Waals surface area contributed by atoms with Gasteiger partial charge >= 0.3 is 19.8 Å². The van der Waals surface area contributed by atoms with Gasteiger partial charge in [0, 0.05) is 19.4 Å². The zero-order chi connectivity index (χ0) is 70.0. The topological polar surface area (TPSA) is 134 Å². The Hall–Kier alpha value is -2.55. The number of allylic oxidation sites excluding steroid dienone is 12. The van der Waals surface area contributed by atoms with E-state index in [1.54, 1.807) is 0 Å². The minimum absolute atomic E-state index is 0.0556. The van der Waals surface area contributed by atoms with E-state index in [-0.39, 0.29) is 38.6 Å². The van der Waals surface area contributed by atoms with E-state index in [0.29, 0.717) is 6.42 Å². The molecule has 0 saturated heterocycles. The van der Waals surface area contributed by atoms with E-state index in [2.05, 4.69) is 86.8 Å². The monoisotopic (exact) mass is 1380 g/mol. The number of carbonyl (C=O) groups is 2. The van der Waals surface area contributed by atoms with Crippen molar-refractivity contribution in [2.75, 3.05) is 26.4 Å². The summed E-state index contributed by atoms with van der Waals surface area (Å²) in [6.45, 7) is 3.70. The first-order valence-electron chi connectivity index (χ1n) is 42.4. The van der Waals surface area contributed by atoms with Crippen molar-refractivity contribution in [2.45, 2.75) is 444 Å². The molecule has 0 fully saturated rings. The van der Waals surface area contributed by atoms with E-state index in [9.17, 15) is 19.0 Å². The van der Waals surface area contributed by atoms with E-state index in [0.717, 1.165) is 64.2 Å². The lowest BCUT2D eigenvalue weighted by Gasteiger charge is -2.19. The van der Waals surface area contributed by atoms with Gasteiger partial charge in [-0.05, 0) is 83.5 Å². The molecule has 97 heavy (non-hydrogen) atoms. The number of ether oxygens (including phenoxy) is 2. The molecule has 0 spiro atoms. The third-order valence-corrected chi connectivity index (χ3v) is 20.1. The Labute approximate surface area is 602 Å². The molecule has 0 saturated carbocycles. The number of rotatable bonds is 81. The zero-order valence-electron chi connectivity index (χ0n) is 64.3. The van der Waals surface area contributed by atoms with Crippen LogP contribution in [0.2, 0.25) is 0 Å². The highest BCUT2D eigenvalue weighted by Crippen LogP contribution is 2.43. The SMILES string of the molecule is CC/C=C\C/C=C\C/C=C\C/C=C\CCCCCCCCCCCCCCCCCCCCCCCCCCCCC(=O)OC(COC(=O)CCCCCCCCCCCCCCCCCCCCCCCCCCC/C=C\C/C=C\CCCCCCC)COP(=O)(O)OCCN. The summed E-state index contributed by atoms with van der Waals surface area (Å²) >= 11 is 0. The van der Waals surface area contributed by atoms with Gasteiger partial charge in [-0.15, -0.1) is 0 Å². The quantitative estimate of drug-likeness (QED) is 0.0264. The van der Waals surface area contributed by atoms with Gasteiger partial charge in [-0.2, -0.15) is 0 Å². The van der Waals surface area contributed by atoms with Gasteiger partial charge in [-0.3, -0.25) is 18.6 Å². The second-order valence-electron chi connectivity index (χ2n) is 28.7. The van der Waals surface area contributed by atoms with Gasteiger partial charge < -0.3 is 20.1 Å². The van der Waals surface area contributed by atoms with E-state index in [1.807, 2.05) is 0 Å². The fraction of sp³-hybridized carbons (Fsp3) is 0.839. The first-order chi connectivity index (χ1) is 47.8. The third kappa shape index (κ3) is 82.3. The fourth-order valence-corrected chi connectivity index (χ4v) is 13.6. The van der Waals surface area contributed by atoms with Crippen LogP contribution in [0.3, 0.4) is 0 Å². The van der Waals surface area contributed by atoms with Crippen LogP contribution in [0.5, 0.6) is 0 Å². The number of hydrogen-bond donors (Lipinski definition) is 2. The average Bonchev–Trinajstić information content (AvgIpc) is 2.88. The van der Waals surface area contributed by atoms with Crippen molar-refractivity contribution in [3.63, 3.8) is 0 Å². The lowest BCUT2D eigenvalue weighted by atomic mass is 10.0. The molecule has 0 radical (unpaired) electrons. The molecule has 568 valence electrons. The summed E-state index contributed by atoms with van der Waals surface area (Å²) < 4.78 is 33.3. The molecule has 0 bridgehead atoms. The standard InChI is InChI=1S/C87H162NO8P/c1-3-5-7-9-11-13-15-17-19-21-23-25-27-29-31-33-35-37-39-41-42-44-46-48-50-52-54-56-58-60-62-64-66-68-70-72-74-76-78-80-87(90)96-85(84-95-97(91,92)94-82-81-88)83-93-86(89)79-77-75-73-71-69-67-65-63-61-59-57-55-53-51-49-47-45-43-40-38-36-34-32-30-28-26-24-22-20-18-16-14-12-10-8-6-4-2/h5,7,11,13,16-19,22-25,85H,3-4,6,8-10,12,14-15,20-21,26-84,88H2,1-2H3,(H,91,92)/b7-5-,13-11-,18-16-,19-17-,24-22-,25-23-. The number of hydrogen-bond acceptors (Lipinski definition) is 8. The third-order valence-electron chi connectivity index (χ3n) is 19.1. The van der Waals surface area contributed by atoms with E-state index >= 15 is 0 Å². The van der Waals surface area contributed by atoms with Crippen LogP contribution in [-0.2, 0) is 32.7 Å². The van der Waals surface area contributed by atoms with Crippen LogP contribution in [0.1, 0.15) is 438 Å². The summed E-state index contributed by atoms with van der Waals surface area (Å²) in [4.78, 5) is 35.5. The summed E-state index contributed by atoms with van der Waals surface area (Å²) in [6, 6.07) is 0. The van der Waals surface area contributed by atoms with E-state index in [4.69, 9.17) is 24.3 Å². The molecule has 3 N–H and O–H groups in total. The maximum Gasteiger partial charge on any atom is 0.472 e. The average molecular weight is 1380 g/mol. The molecule has 0 amide bonds. The fourth-order valence-electron chi connectivity index (χ4n) is 12.8. The largest absolute Gasteiger partial charge is 0.472 e. The number of carbonyl (C=O) groups excluding carboxylic acids is 2. The molecular weight excluding hydrogens is 1220 g/mol. The van der Waals surface area contributed by atoms with Gasteiger partial charge in [0.05, 0.1) is 13.2 Å². The number of esters is 2. The van der Waals surface area contributed by atoms with Gasteiger partial charge in [0.25, 0.3) is 0 Å². The highest BCUT2D eigenvalue weighted by Gasteiger charge is 2.26. The number of unbranched alkanes of at least 4 members (excludes halogenated alkanes) is 56. The van der Waals surface area contributed by atoms with Crippen LogP contribution in [0.4, 0.5) is 0 Å². The van der Waals surface area contributed by atoms with Crippen LogP contribution in [0.25, 0.3) is 0 Å². The summed E-state index contributed by atoms with van der Waals surface area (Å²) in [6.07, 6.45) is 111. The van der Waals surface area contributed by atoms with Crippen LogP contribution in [0.15, 0.2) is 72.9 Å².